The van der Waals surface area contributed by atoms with Gasteiger partial charge in [-0.2, -0.15) is 5.26 Å². The molecule has 0 aliphatic rings. The van der Waals surface area contributed by atoms with E-state index in [2.05, 4.69) is 5.32 Å². The number of hydrogen-bond donors (Lipinski definition) is 1. The van der Waals surface area contributed by atoms with Crippen molar-refractivity contribution in [1.29, 1.82) is 5.26 Å². The van der Waals surface area contributed by atoms with E-state index in [1.807, 2.05) is 91.0 Å². The van der Waals surface area contributed by atoms with Crippen molar-refractivity contribution in [2.45, 2.75) is 13.2 Å². The van der Waals surface area contributed by atoms with Gasteiger partial charge in [0.25, 0.3) is 5.91 Å². The fourth-order valence-corrected chi connectivity index (χ4v) is 2.62. The van der Waals surface area contributed by atoms with E-state index in [9.17, 15) is 10.1 Å². The molecule has 3 aromatic carbocycles. The average Bonchev–Trinajstić information content (AvgIpc) is 2.76. The first kappa shape index (κ1) is 18.9. The predicted octanol–water partition coefficient (Wildman–Crippen LogP) is 4.49. The Morgan fingerprint density at radius 2 is 1.61 bits per heavy atom. The minimum atomic E-state index is -0.401. The Labute approximate surface area is 164 Å². The third-order valence-corrected chi connectivity index (χ3v) is 4.08. The molecule has 0 bridgehead atoms. The first-order valence-electron chi connectivity index (χ1n) is 8.95. The first-order valence-corrected chi connectivity index (χ1v) is 8.95. The van der Waals surface area contributed by atoms with Crippen LogP contribution in [0.15, 0.2) is 90.5 Å². The normalized spacial score (nSPS) is 10.8. The van der Waals surface area contributed by atoms with Crippen LogP contribution in [-0.4, -0.2) is 5.91 Å². The molecule has 3 aromatic rings. The van der Waals surface area contributed by atoms with Crippen molar-refractivity contribution < 1.29 is 9.53 Å². The third kappa shape index (κ3) is 5.58. The molecule has 0 atom stereocenters. The number of nitrogens with one attached hydrogen (secondary N) is 1. The summed E-state index contributed by atoms with van der Waals surface area (Å²) >= 11 is 0. The molecule has 0 saturated carbocycles. The average molecular weight is 368 g/mol. The topological polar surface area (TPSA) is 62.1 Å². The van der Waals surface area contributed by atoms with Gasteiger partial charge in [-0.1, -0.05) is 72.8 Å². The highest BCUT2D eigenvalue weighted by Crippen LogP contribution is 2.17. The number of carbonyl (C=O) groups excluding carboxylic acids is 1. The molecule has 4 nitrogen and oxygen atoms in total. The lowest BCUT2D eigenvalue weighted by molar-refractivity contribution is -0.117. The van der Waals surface area contributed by atoms with Crippen LogP contribution in [0, 0.1) is 11.3 Å². The molecular weight excluding hydrogens is 348 g/mol. The Kier molecular flexibility index (Phi) is 6.59. The van der Waals surface area contributed by atoms with Crippen LogP contribution in [0.3, 0.4) is 0 Å². The summed E-state index contributed by atoms with van der Waals surface area (Å²) < 4.78 is 5.80. The monoisotopic (exact) mass is 368 g/mol. The van der Waals surface area contributed by atoms with Gasteiger partial charge in [0.2, 0.25) is 0 Å². The van der Waals surface area contributed by atoms with Crippen molar-refractivity contribution in [3.63, 3.8) is 0 Å². The lowest BCUT2D eigenvalue weighted by Crippen LogP contribution is -2.23. The maximum absolute atomic E-state index is 12.3. The summed E-state index contributed by atoms with van der Waals surface area (Å²) in [5.41, 5.74) is 2.83. The molecule has 0 aliphatic carbocycles. The van der Waals surface area contributed by atoms with Crippen LogP contribution in [-0.2, 0) is 17.9 Å². The van der Waals surface area contributed by atoms with Crippen LogP contribution in [0.25, 0.3) is 6.08 Å². The number of hydrogen-bond acceptors (Lipinski definition) is 3. The Bertz CT molecular complexity index is 990. The molecule has 0 spiro atoms. The summed E-state index contributed by atoms with van der Waals surface area (Å²) in [7, 11) is 0. The molecule has 4 heteroatoms. The van der Waals surface area contributed by atoms with E-state index in [0.29, 0.717) is 18.9 Å². The van der Waals surface area contributed by atoms with E-state index in [-0.39, 0.29) is 5.57 Å². The summed E-state index contributed by atoms with van der Waals surface area (Å²) in [5, 5.41) is 12.1. The van der Waals surface area contributed by atoms with Crippen LogP contribution in [0.4, 0.5) is 0 Å². The molecule has 0 unspecified atom stereocenters. The van der Waals surface area contributed by atoms with Crippen LogP contribution < -0.4 is 10.1 Å². The molecule has 28 heavy (non-hydrogen) atoms. The van der Waals surface area contributed by atoms with Crippen molar-refractivity contribution in [3.05, 3.63) is 107 Å². The molecule has 0 radical (unpaired) electrons. The van der Waals surface area contributed by atoms with Gasteiger partial charge in [-0.3, -0.25) is 4.79 Å². The van der Waals surface area contributed by atoms with Crippen LogP contribution in [0.2, 0.25) is 0 Å². The predicted molar refractivity (Wildman–Crippen MR) is 109 cm³/mol. The van der Waals surface area contributed by atoms with Crippen molar-refractivity contribution >= 4 is 12.0 Å². The number of nitrogens with zero attached hydrogens (tertiary/aromatic N) is 1. The number of nitriles is 1. The molecule has 3 rings (SSSR count). The third-order valence-electron chi connectivity index (χ3n) is 4.08. The van der Waals surface area contributed by atoms with Gasteiger partial charge in [0, 0.05) is 6.54 Å². The van der Waals surface area contributed by atoms with E-state index < -0.39 is 5.91 Å². The van der Waals surface area contributed by atoms with Gasteiger partial charge < -0.3 is 10.1 Å². The van der Waals surface area contributed by atoms with Gasteiger partial charge in [-0.05, 0) is 34.9 Å². The maximum Gasteiger partial charge on any atom is 0.262 e. The number of carbonyl (C=O) groups is 1. The van der Waals surface area contributed by atoms with Crippen LogP contribution in [0.1, 0.15) is 16.7 Å². The molecule has 0 aliphatic heterocycles. The number of amides is 1. The standard InChI is InChI=1S/C24H20N2O2/c25-16-22(24(27)26-17-19-8-3-1-4-9-19)14-21-12-7-13-23(15-21)28-18-20-10-5-2-6-11-20/h1-15H,17-18H2,(H,26,27). The lowest BCUT2D eigenvalue weighted by atomic mass is 10.1. The maximum atomic E-state index is 12.3. The fourth-order valence-electron chi connectivity index (χ4n) is 2.62. The van der Waals surface area contributed by atoms with E-state index in [0.717, 1.165) is 16.7 Å². The zero-order valence-electron chi connectivity index (χ0n) is 15.3. The zero-order chi connectivity index (χ0) is 19.6. The summed E-state index contributed by atoms with van der Waals surface area (Å²) in [6.07, 6.45) is 1.57. The van der Waals surface area contributed by atoms with E-state index in [4.69, 9.17) is 4.74 Å². The van der Waals surface area contributed by atoms with Crippen LogP contribution in [0.5, 0.6) is 5.75 Å². The second kappa shape index (κ2) is 9.75. The number of rotatable bonds is 7. The smallest absolute Gasteiger partial charge is 0.262 e. The quantitative estimate of drug-likeness (QED) is 0.494. The minimum Gasteiger partial charge on any atom is -0.489 e. The summed E-state index contributed by atoms with van der Waals surface area (Å²) in [6, 6.07) is 28.7. The molecule has 138 valence electrons. The van der Waals surface area contributed by atoms with Crippen LogP contribution >= 0.6 is 0 Å². The van der Waals surface area contributed by atoms with Crippen molar-refractivity contribution in [1.82, 2.24) is 5.32 Å². The van der Waals surface area contributed by atoms with E-state index >= 15 is 0 Å². The molecule has 1 amide bonds. The second-order valence-electron chi connectivity index (χ2n) is 6.18. The molecule has 1 N–H and O–H groups in total. The summed E-state index contributed by atoms with van der Waals surface area (Å²) in [6.45, 7) is 0.829. The Morgan fingerprint density at radius 1 is 0.929 bits per heavy atom. The minimum absolute atomic E-state index is 0.0520. The highest BCUT2D eigenvalue weighted by atomic mass is 16.5. The zero-order valence-corrected chi connectivity index (χ0v) is 15.3. The highest BCUT2D eigenvalue weighted by molar-refractivity contribution is 6.01. The Morgan fingerprint density at radius 3 is 2.29 bits per heavy atom. The van der Waals surface area contributed by atoms with Gasteiger partial charge >= 0.3 is 0 Å². The number of benzene rings is 3. The first-order chi connectivity index (χ1) is 13.7. The molecule has 0 aromatic heterocycles. The summed E-state index contributed by atoms with van der Waals surface area (Å²) in [5.74, 6) is 0.279. The van der Waals surface area contributed by atoms with Gasteiger partial charge in [-0.25, -0.2) is 0 Å². The van der Waals surface area contributed by atoms with Gasteiger partial charge in [-0.15, -0.1) is 0 Å². The lowest BCUT2D eigenvalue weighted by Gasteiger charge is -2.07. The van der Waals surface area contributed by atoms with Gasteiger partial charge in [0.1, 0.15) is 24.0 Å². The fraction of sp³-hybridized carbons (Fsp3) is 0.0833. The Balaban J connectivity index is 1.64. The highest BCUT2D eigenvalue weighted by Gasteiger charge is 2.09. The van der Waals surface area contributed by atoms with E-state index in [1.165, 1.54) is 0 Å². The number of ether oxygens (including phenoxy) is 1. The SMILES string of the molecule is N#CC(=Cc1cccc(OCc2ccccc2)c1)C(=O)NCc1ccccc1. The van der Waals surface area contributed by atoms with Gasteiger partial charge in [0.05, 0.1) is 0 Å². The molecular formula is C24H20N2O2. The van der Waals surface area contributed by atoms with Gasteiger partial charge in [0.15, 0.2) is 0 Å². The Hall–Kier alpha value is -3.84. The van der Waals surface area contributed by atoms with Crippen molar-refractivity contribution in [2.75, 3.05) is 0 Å². The second-order valence-corrected chi connectivity index (χ2v) is 6.18. The molecule has 0 heterocycles. The molecule has 0 saturated heterocycles. The largest absolute Gasteiger partial charge is 0.489 e. The van der Waals surface area contributed by atoms with E-state index in [1.54, 1.807) is 6.08 Å². The summed E-state index contributed by atoms with van der Waals surface area (Å²) in [4.78, 5) is 12.3. The van der Waals surface area contributed by atoms with Crippen molar-refractivity contribution in [3.8, 4) is 11.8 Å². The molecule has 0 fully saturated rings. The van der Waals surface area contributed by atoms with Crippen molar-refractivity contribution in [2.24, 2.45) is 0 Å².